The first-order valence-electron chi connectivity index (χ1n) is 14.3. The van der Waals surface area contributed by atoms with Crippen molar-refractivity contribution in [1.29, 1.82) is 0 Å². The molecule has 5 rings (SSSR count). The normalized spacial score (nSPS) is 15.7. The maximum atomic E-state index is 4.75. The molecule has 1 saturated heterocycles. The number of hydrogen-bond donors (Lipinski definition) is 4. The van der Waals surface area contributed by atoms with Gasteiger partial charge in [0.25, 0.3) is 0 Å². The Kier molecular flexibility index (Phi) is 8.75. The predicted molar refractivity (Wildman–Crippen MR) is 172 cm³/mol. The molecule has 4 aromatic heterocycles. The predicted octanol–water partition coefficient (Wildman–Crippen LogP) is 7.45. The smallest absolute Gasteiger partial charge is 0.116 e. The Morgan fingerprint density at radius 2 is 1.85 bits per heavy atom. The fourth-order valence-corrected chi connectivity index (χ4v) is 5.49. The minimum atomic E-state index is 0.663. The van der Waals surface area contributed by atoms with Crippen LogP contribution in [0.25, 0.3) is 44.3 Å². The van der Waals surface area contributed by atoms with Gasteiger partial charge in [-0.2, -0.15) is 5.10 Å². The summed E-state index contributed by atoms with van der Waals surface area (Å²) in [6.07, 6.45) is 19.2. The lowest BCUT2D eigenvalue weighted by atomic mass is 9.93. The molecule has 0 spiro atoms. The second kappa shape index (κ2) is 12.8. The van der Waals surface area contributed by atoms with Crippen LogP contribution in [0.1, 0.15) is 51.4 Å². The van der Waals surface area contributed by atoms with E-state index < -0.39 is 0 Å². The maximum Gasteiger partial charge on any atom is 0.116 e. The number of allylic oxidation sites excluding steroid dienone is 9. The maximum absolute atomic E-state index is 4.75. The molecule has 1 aliphatic rings. The highest BCUT2D eigenvalue weighted by atomic mass is 15.1. The molecule has 210 valence electrons. The second-order valence-electron chi connectivity index (χ2n) is 10.4. The second-order valence-corrected chi connectivity index (χ2v) is 10.4. The van der Waals surface area contributed by atoms with E-state index in [0.29, 0.717) is 5.92 Å². The Bertz CT molecular complexity index is 1690. The number of fused-ring (bicyclic) bond motifs is 2. The molecule has 41 heavy (non-hydrogen) atoms. The quantitative estimate of drug-likeness (QED) is 0.155. The fourth-order valence-electron chi connectivity index (χ4n) is 5.49. The van der Waals surface area contributed by atoms with Crippen LogP contribution in [0.2, 0.25) is 0 Å². The highest BCUT2D eigenvalue weighted by molar-refractivity contribution is 6.00. The van der Waals surface area contributed by atoms with Crippen molar-refractivity contribution < 1.29 is 0 Å². The summed E-state index contributed by atoms with van der Waals surface area (Å²) in [6.45, 7) is 16.6. The van der Waals surface area contributed by atoms with E-state index in [4.69, 9.17) is 4.98 Å². The molecule has 0 amide bonds. The molecule has 4 N–H and O–H groups in total. The van der Waals surface area contributed by atoms with Crippen molar-refractivity contribution in [2.45, 2.75) is 40.0 Å². The Balaban J connectivity index is 1.45. The van der Waals surface area contributed by atoms with Gasteiger partial charge in [0.05, 0.1) is 28.8 Å². The summed E-state index contributed by atoms with van der Waals surface area (Å²) in [5.41, 5.74) is 9.45. The van der Waals surface area contributed by atoms with Crippen LogP contribution in [0.5, 0.6) is 0 Å². The average molecular weight is 546 g/mol. The van der Waals surface area contributed by atoms with E-state index in [-0.39, 0.29) is 0 Å². The molecule has 1 aliphatic heterocycles. The molecule has 7 nitrogen and oxygen atoms in total. The van der Waals surface area contributed by atoms with E-state index in [0.717, 1.165) is 86.6 Å². The van der Waals surface area contributed by atoms with Crippen LogP contribution in [0.4, 0.5) is 0 Å². The van der Waals surface area contributed by atoms with Gasteiger partial charge in [-0.05, 0) is 101 Å². The molecule has 0 aromatic carbocycles. The summed E-state index contributed by atoms with van der Waals surface area (Å²) < 4.78 is 0. The average Bonchev–Trinajstić information content (AvgIpc) is 3.62. The van der Waals surface area contributed by atoms with Gasteiger partial charge in [-0.1, -0.05) is 37.5 Å². The lowest BCUT2D eigenvalue weighted by Gasteiger charge is -2.24. The van der Waals surface area contributed by atoms with Crippen molar-refractivity contribution in [3.05, 3.63) is 103 Å². The summed E-state index contributed by atoms with van der Waals surface area (Å²) in [6, 6.07) is 6.22. The molecule has 4 aromatic rings. The van der Waals surface area contributed by atoms with Crippen LogP contribution in [0.3, 0.4) is 0 Å². The summed E-state index contributed by atoms with van der Waals surface area (Å²) in [4.78, 5) is 13.0. The van der Waals surface area contributed by atoms with Crippen molar-refractivity contribution in [3.63, 3.8) is 0 Å². The summed E-state index contributed by atoms with van der Waals surface area (Å²) in [5, 5.41) is 16.8. The molecule has 0 bridgehead atoms. The van der Waals surface area contributed by atoms with Gasteiger partial charge < -0.3 is 15.6 Å². The minimum absolute atomic E-state index is 0.663. The molecule has 0 radical (unpaired) electrons. The topological polar surface area (TPSA) is 94.3 Å². The van der Waals surface area contributed by atoms with Crippen LogP contribution in [0, 0.1) is 5.92 Å². The molecule has 5 heterocycles. The first-order chi connectivity index (χ1) is 20.0. The van der Waals surface area contributed by atoms with Crippen LogP contribution in [-0.4, -0.2) is 38.2 Å². The third kappa shape index (κ3) is 6.15. The highest BCUT2D eigenvalue weighted by Crippen LogP contribution is 2.32. The number of H-pyrrole nitrogens is 2. The standard InChI is InChI=1S/C34H39N7/c1-6-10-24(7-2)33-27-20-31(39-29(27)13-16-36-33)34-28-19-30(37-21-32(28)40-41-34)25(8-3)18-26(9-4)38-22(5)17-23-11-14-35-15-12-23/h6-10,13,16,18-21,23,35,38-39H,4-5,11-12,14-15,17H2,1-3H3,(H,40,41)/b10-6-,24-7+,25-8+,26-18+. The minimum Gasteiger partial charge on any atom is -0.359 e. The number of aromatic nitrogens is 5. The van der Waals surface area contributed by atoms with Crippen LogP contribution < -0.4 is 10.6 Å². The molecule has 0 aliphatic carbocycles. The van der Waals surface area contributed by atoms with Crippen molar-refractivity contribution in [1.82, 2.24) is 35.8 Å². The van der Waals surface area contributed by atoms with Gasteiger partial charge in [-0.25, -0.2) is 0 Å². The third-order valence-corrected chi connectivity index (χ3v) is 7.63. The lowest BCUT2D eigenvalue weighted by Crippen LogP contribution is -2.28. The van der Waals surface area contributed by atoms with E-state index >= 15 is 0 Å². The Hall–Kier alpha value is -4.49. The molecular weight excluding hydrogens is 506 g/mol. The van der Waals surface area contributed by atoms with Crippen molar-refractivity contribution in [2.24, 2.45) is 5.92 Å². The van der Waals surface area contributed by atoms with Gasteiger partial charge in [0, 0.05) is 33.9 Å². The van der Waals surface area contributed by atoms with E-state index in [1.54, 1.807) is 0 Å². The van der Waals surface area contributed by atoms with Crippen molar-refractivity contribution >= 4 is 33.0 Å². The number of piperidine rings is 1. The van der Waals surface area contributed by atoms with Crippen LogP contribution >= 0.6 is 0 Å². The van der Waals surface area contributed by atoms with Crippen molar-refractivity contribution in [3.8, 4) is 11.4 Å². The van der Waals surface area contributed by atoms with Gasteiger partial charge in [0.15, 0.2) is 0 Å². The Morgan fingerprint density at radius 3 is 2.59 bits per heavy atom. The molecule has 7 heteroatoms. The van der Waals surface area contributed by atoms with E-state index in [1.807, 2.05) is 51.4 Å². The zero-order valence-electron chi connectivity index (χ0n) is 24.2. The van der Waals surface area contributed by atoms with E-state index in [2.05, 4.69) is 80.4 Å². The van der Waals surface area contributed by atoms with E-state index in [1.165, 1.54) is 12.8 Å². The molecule has 0 unspecified atom stereocenters. The number of hydrogen-bond acceptors (Lipinski definition) is 5. The SMILES string of the molecule is C=C/C(=C\C(=C/C)c1cc2c(-c3cc4c(C(/C=C\C)=C/C)nccc4[nH]3)n[nH]c2cn1)NC(=C)CC1CCNCC1. The first-order valence-corrected chi connectivity index (χ1v) is 14.3. The van der Waals surface area contributed by atoms with Gasteiger partial charge >= 0.3 is 0 Å². The zero-order valence-corrected chi connectivity index (χ0v) is 24.2. The van der Waals surface area contributed by atoms with Crippen LogP contribution in [0.15, 0.2) is 91.6 Å². The van der Waals surface area contributed by atoms with E-state index in [9.17, 15) is 0 Å². The summed E-state index contributed by atoms with van der Waals surface area (Å²) in [7, 11) is 0. The number of rotatable bonds is 10. The van der Waals surface area contributed by atoms with Gasteiger partial charge in [0.2, 0.25) is 0 Å². The molecule has 1 fully saturated rings. The van der Waals surface area contributed by atoms with Gasteiger partial charge in [0.1, 0.15) is 5.69 Å². The number of nitrogens with one attached hydrogen (secondary N) is 4. The number of nitrogens with zero attached hydrogens (tertiary/aromatic N) is 3. The zero-order chi connectivity index (χ0) is 28.8. The summed E-state index contributed by atoms with van der Waals surface area (Å²) >= 11 is 0. The summed E-state index contributed by atoms with van der Waals surface area (Å²) in [5.74, 6) is 0.663. The van der Waals surface area contributed by atoms with Crippen LogP contribution in [-0.2, 0) is 0 Å². The molecular formula is C34H39N7. The Labute approximate surface area is 242 Å². The number of aromatic amines is 2. The first kappa shape index (κ1) is 28.1. The monoisotopic (exact) mass is 545 g/mol. The molecule has 0 saturated carbocycles. The third-order valence-electron chi connectivity index (χ3n) is 7.63. The fraction of sp³-hybridized carbons (Fsp3) is 0.265. The largest absolute Gasteiger partial charge is 0.359 e. The van der Waals surface area contributed by atoms with Crippen molar-refractivity contribution in [2.75, 3.05) is 13.1 Å². The lowest BCUT2D eigenvalue weighted by molar-refractivity contribution is 0.368. The van der Waals surface area contributed by atoms with Gasteiger partial charge in [-0.15, -0.1) is 0 Å². The number of pyridine rings is 2. The Morgan fingerprint density at radius 1 is 1.05 bits per heavy atom. The van der Waals surface area contributed by atoms with Gasteiger partial charge in [-0.3, -0.25) is 15.1 Å². The highest BCUT2D eigenvalue weighted by Gasteiger charge is 2.17. The molecule has 0 atom stereocenters.